The third-order valence-corrected chi connectivity index (χ3v) is 2.70. The van der Waals surface area contributed by atoms with E-state index in [0.717, 1.165) is 18.1 Å². The highest BCUT2D eigenvalue weighted by Crippen LogP contribution is 2.03. The van der Waals surface area contributed by atoms with Gasteiger partial charge in [-0.05, 0) is 0 Å². The summed E-state index contributed by atoms with van der Waals surface area (Å²) in [7, 11) is 0. The number of thioether (sulfide) groups is 1. The number of rotatable bonds is 8. The molecule has 88 valence electrons. The first-order chi connectivity index (χ1) is 7.74. The summed E-state index contributed by atoms with van der Waals surface area (Å²) in [5.74, 6) is 1.38. The van der Waals surface area contributed by atoms with Crippen LogP contribution in [0.3, 0.4) is 0 Å². The van der Waals surface area contributed by atoms with Crippen LogP contribution in [0.25, 0.3) is 0 Å². The molecule has 0 atom stereocenters. The Balaban J connectivity index is 2.16. The Morgan fingerprint density at radius 3 is 3.19 bits per heavy atom. The Morgan fingerprint density at radius 1 is 1.75 bits per heavy atom. The largest absolute Gasteiger partial charge is 0.476 e. The van der Waals surface area contributed by atoms with Gasteiger partial charge in [0.2, 0.25) is 0 Å². The molecular formula is C10H14N2O3S. The molecule has 0 spiro atoms. The van der Waals surface area contributed by atoms with Crippen LogP contribution in [0, 0.1) is 0 Å². The first-order valence-corrected chi connectivity index (χ1v) is 5.97. The minimum absolute atomic E-state index is 0.0576. The van der Waals surface area contributed by atoms with Gasteiger partial charge in [-0.15, -0.1) is 6.58 Å². The van der Waals surface area contributed by atoms with Gasteiger partial charge in [-0.3, -0.25) is 0 Å². The molecule has 0 saturated carbocycles. The first-order valence-electron chi connectivity index (χ1n) is 4.82. The zero-order valence-electron chi connectivity index (χ0n) is 8.81. The lowest BCUT2D eigenvalue weighted by molar-refractivity contribution is 0.0685. The Bertz CT molecular complexity index is 352. The average Bonchev–Trinajstić information content (AvgIpc) is 2.72. The molecular weight excluding hydrogens is 228 g/mol. The van der Waals surface area contributed by atoms with Crippen molar-refractivity contribution in [3.8, 4) is 0 Å². The van der Waals surface area contributed by atoms with E-state index in [1.807, 2.05) is 6.08 Å². The van der Waals surface area contributed by atoms with Gasteiger partial charge in [0, 0.05) is 24.1 Å². The Kier molecular flexibility index (Phi) is 5.66. The highest BCUT2D eigenvalue weighted by Gasteiger charge is 2.09. The molecule has 0 unspecified atom stereocenters. The average molecular weight is 242 g/mol. The van der Waals surface area contributed by atoms with Crippen LogP contribution < -0.4 is 5.32 Å². The molecule has 2 N–H and O–H groups in total. The highest BCUT2D eigenvalue weighted by atomic mass is 32.2. The molecule has 0 fully saturated rings. The standard InChI is InChI=1S/C10H14N2O3S/c1-2-4-16-5-3-11-7-8-6-9(10(13)14)12-15-8/h2,6,11H,1,3-5,7H2,(H,13,14). The fraction of sp³-hybridized carbons (Fsp3) is 0.400. The number of hydrogen-bond donors (Lipinski definition) is 2. The van der Waals surface area contributed by atoms with E-state index in [4.69, 9.17) is 9.63 Å². The van der Waals surface area contributed by atoms with Gasteiger partial charge in [-0.2, -0.15) is 11.8 Å². The fourth-order valence-corrected chi connectivity index (χ4v) is 1.64. The normalized spacial score (nSPS) is 10.2. The molecule has 5 nitrogen and oxygen atoms in total. The van der Waals surface area contributed by atoms with E-state index in [-0.39, 0.29) is 5.69 Å². The number of hydrogen-bond acceptors (Lipinski definition) is 5. The zero-order chi connectivity index (χ0) is 11.8. The third-order valence-electron chi connectivity index (χ3n) is 1.74. The SMILES string of the molecule is C=CCSCCNCc1cc(C(=O)O)no1. The van der Waals surface area contributed by atoms with Crippen molar-refractivity contribution in [2.24, 2.45) is 0 Å². The lowest BCUT2D eigenvalue weighted by Gasteiger charge is -2.00. The lowest BCUT2D eigenvalue weighted by atomic mass is 10.3. The number of carboxylic acid groups (broad SMARTS) is 1. The zero-order valence-corrected chi connectivity index (χ0v) is 9.63. The highest BCUT2D eigenvalue weighted by molar-refractivity contribution is 7.99. The topological polar surface area (TPSA) is 75.4 Å². The molecule has 6 heteroatoms. The molecule has 1 aromatic rings. The van der Waals surface area contributed by atoms with E-state index < -0.39 is 5.97 Å². The van der Waals surface area contributed by atoms with Crippen molar-refractivity contribution in [2.75, 3.05) is 18.1 Å². The molecule has 0 aliphatic rings. The van der Waals surface area contributed by atoms with Gasteiger partial charge in [0.25, 0.3) is 0 Å². The second-order valence-electron chi connectivity index (χ2n) is 3.02. The van der Waals surface area contributed by atoms with Crippen LogP contribution in [-0.4, -0.2) is 34.3 Å². The Morgan fingerprint density at radius 2 is 2.56 bits per heavy atom. The van der Waals surface area contributed by atoms with Gasteiger partial charge in [-0.1, -0.05) is 11.2 Å². The summed E-state index contributed by atoms with van der Waals surface area (Å²) < 4.78 is 4.84. The molecule has 0 aliphatic heterocycles. The number of carboxylic acids is 1. The van der Waals surface area contributed by atoms with Gasteiger partial charge in [0.1, 0.15) is 0 Å². The maximum absolute atomic E-state index is 10.5. The number of nitrogens with one attached hydrogen (secondary N) is 1. The molecule has 0 saturated heterocycles. The van der Waals surface area contributed by atoms with E-state index >= 15 is 0 Å². The number of aromatic nitrogens is 1. The molecule has 0 aliphatic carbocycles. The first kappa shape index (κ1) is 12.8. The van der Waals surface area contributed by atoms with Crippen LogP contribution in [0.4, 0.5) is 0 Å². The quantitative estimate of drug-likeness (QED) is 0.530. The van der Waals surface area contributed by atoms with E-state index in [2.05, 4.69) is 17.1 Å². The van der Waals surface area contributed by atoms with Gasteiger partial charge < -0.3 is 14.9 Å². The summed E-state index contributed by atoms with van der Waals surface area (Å²) in [5.41, 5.74) is -0.0576. The number of aromatic carboxylic acids is 1. The maximum atomic E-state index is 10.5. The number of nitrogens with zero attached hydrogens (tertiary/aromatic N) is 1. The summed E-state index contributed by atoms with van der Waals surface area (Å²) >= 11 is 1.78. The van der Waals surface area contributed by atoms with Gasteiger partial charge in [-0.25, -0.2) is 4.79 Å². The van der Waals surface area contributed by atoms with Crippen molar-refractivity contribution in [2.45, 2.75) is 6.54 Å². The monoisotopic (exact) mass is 242 g/mol. The molecule has 0 radical (unpaired) electrons. The number of carbonyl (C=O) groups is 1. The molecule has 1 rings (SSSR count). The van der Waals surface area contributed by atoms with Crippen LogP contribution in [0.5, 0.6) is 0 Å². The third kappa shape index (κ3) is 4.50. The van der Waals surface area contributed by atoms with Crippen molar-refractivity contribution < 1.29 is 14.4 Å². The smallest absolute Gasteiger partial charge is 0.358 e. The van der Waals surface area contributed by atoms with Gasteiger partial charge >= 0.3 is 5.97 Å². The predicted octanol–water partition coefficient (Wildman–Crippen LogP) is 1.38. The van der Waals surface area contributed by atoms with Crippen LogP contribution in [-0.2, 0) is 6.54 Å². The van der Waals surface area contributed by atoms with Crippen molar-refractivity contribution in [1.82, 2.24) is 10.5 Å². The molecule has 0 bridgehead atoms. The summed E-state index contributed by atoms with van der Waals surface area (Å²) in [6.45, 7) is 4.96. The molecule has 16 heavy (non-hydrogen) atoms. The van der Waals surface area contributed by atoms with Gasteiger partial charge in [0.15, 0.2) is 11.5 Å². The van der Waals surface area contributed by atoms with E-state index in [0.29, 0.717) is 12.3 Å². The minimum Gasteiger partial charge on any atom is -0.476 e. The minimum atomic E-state index is -1.07. The lowest BCUT2D eigenvalue weighted by Crippen LogP contribution is -2.16. The van der Waals surface area contributed by atoms with Crippen molar-refractivity contribution in [3.05, 3.63) is 30.2 Å². The summed E-state index contributed by atoms with van der Waals surface area (Å²) in [6, 6.07) is 1.42. The molecule has 1 aromatic heterocycles. The van der Waals surface area contributed by atoms with Crippen molar-refractivity contribution >= 4 is 17.7 Å². The second-order valence-corrected chi connectivity index (χ2v) is 4.17. The van der Waals surface area contributed by atoms with Gasteiger partial charge in [0.05, 0.1) is 6.54 Å². The van der Waals surface area contributed by atoms with E-state index in [1.165, 1.54) is 6.07 Å². The van der Waals surface area contributed by atoms with E-state index in [1.54, 1.807) is 11.8 Å². The fourth-order valence-electron chi connectivity index (χ4n) is 1.02. The van der Waals surface area contributed by atoms with Crippen molar-refractivity contribution in [1.29, 1.82) is 0 Å². The van der Waals surface area contributed by atoms with Crippen LogP contribution in [0.2, 0.25) is 0 Å². The molecule has 0 aromatic carbocycles. The Labute approximate surface area is 97.9 Å². The second kappa shape index (κ2) is 7.08. The van der Waals surface area contributed by atoms with Crippen LogP contribution in [0.15, 0.2) is 23.2 Å². The molecule has 1 heterocycles. The molecule has 0 amide bonds. The van der Waals surface area contributed by atoms with Crippen molar-refractivity contribution in [3.63, 3.8) is 0 Å². The van der Waals surface area contributed by atoms with Crippen LogP contribution >= 0.6 is 11.8 Å². The van der Waals surface area contributed by atoms with E-state index in [9.17, 15) is 4.79 Å². The maximum Gasteiger partial charge on any atom is 0.358 e. The summed E-state index contributed by atoms with van der Waals surface area (Å²) in [6.07, 6.45) is 1.86. The summed E-state index contributed by atoms with van der Waals surface area (Å²) in [5, 5.41) is 15.2. The van der Waals surface area contributed by atoms with Crippen LogP contribution in [0.1, 0.15) is 16.2 Å². The summed E-state index contributed by atoms with van der Waals surface area (Å²) in [4.78, 5) is 10.5. The Hall–Kier alpha value is -1.27. The predicted molar refractivity (Wildman–Crippen MR) is 62.7 cm³/mol.